The molecule has 9 nitrogen and oxygen atoms in total. The van der Waals surface area contributed by atoms with Gasteiger partial charge in [0, 0.05) is 52.1 Å². The molecule has 1 fully saturated rings. The zero-order valence-corrected chi connectivity index (χ0v) is 15.3. The van der Waals surface area contributed by atoms with Gasteiger partial charge in [-0.1, -0.05) is 0 Å². The van der Waals surface area contributed by atoms with Crippen molar-refractivity contribution in [1.82, 2.24) is 26.2 Å². The van der Waals surface area contributed by atoms with Crippen LogP contribution in [-0.4, -0.2) is 74.8 Å². The van der Waals surface area contributed by atoms with Crippen molar-refractivity contribution in [1.29, 1.82) is 0 Å². The highest BCUT2D eigenvalue weighted by atomic mass is 16.2. The van der Waals surface area contributed by atoms with Gasteiger partial charge in [0.15, 0.2) is 0 Å². The smallest absolute Gasteiger partial charge is 0.239 e. The van der Waals surface area contributed by atoms with Gasteiger partial charge in [-0.2, -0.15) is 0 Å². The van der Waals surface area contributed by atoms with Gasteiger partial charge in [-0.25, -0.2) is 0 Å². The lowest BCUT2D eigenvalue weighted by atomic mass is 10.2. The molecule has 1 saturated heterocycles. The molecule has 0 spiro atoms. The molecule has 0 bridgehead atoms. The number of nitrogens with one attached hydrogen (secondary N) is 4. The van der Waals surface area contributed by atoms with Crippen LogP contribution in [0.5, 0.6) is 0 Å². The van der Waals surface area contributed by atoms with Crippen molar-refractivity contribution in [2.24, 2.45) is 0 Å². The molecule has 148 valence electrons. The Hall–Kier alpha value is -2.16. The van der Waals surface area contributed by atoms with Gasteiger partial charge >= 0.3 is 0 Å². The van der Waals surface area contributed by atoms with E-state index in [1.54, 1.807) is 0 Å². The van der Waals surface area contributed by atoms with Gasteiger partial charge in [0.2, 0.25) is 24.1 Å². The fourth-order valence-corrected chi connectivity index (χ4v) is 2.64. The molecule has 0 saturated carbocycles. The van der Waals surface area contributed by atoms with E-state index in [1.807, 2.05) is 4.90 Å². The molecule has 0 aromatic carbocycles. The molecule has 0 aromatic rings. The highest BCUT2D eigenvalue weighted by Crippen LogP contribution is 2.03. The largest absolute Gasteiger partial charge is 0.356 e. The van der Waals surface area contributed by atoms with Crippen molar-refractivity contribution in [3.05, 3.63) is 0 Å². The van der Waals surface area contributed by atoms with Gasteiger partial charge in [0.25, 0.3) is 0 Å². The highest BCUT2D eigenvalue weighted by Gasteiger charge is 2.15. The summed E-state index contributed by atoms with van der Waals surface area (Å²) in [6.07, 6.45) is 4.42. The van der Waals surface area contributed by atoms with Crippen molar-refractivity contribution in [3.8, 4) is 0 Å². The third-order valence-electron chi connectivity index (χ3n) is 4.11. The van der Waals surface area contributed by atoms with Gasteiger partial charge in [-0.15, -0.1) is 0 Å². The minimum absolute atomic E-state index is 0.00326. The molecular weight excluding hydrogens is 338 g/mol. The first-order valence-corrected chi connectivity index (χ1v) is 9.32. The van der Waals surface area contributed by atoms with Crippen LogP contribution in [0.3, 0.4) is 0 Å². The number of amides is 4. The number of unbranched alkanes of at least 4 members (excludes halogenated alkanes) is 2. The normalized spacial score (nSPS) is 13.8. The van der Waals surface area contributed by atoms with E-state index in [4.69, 9.17) is 0 Å². The number of carbonyl (C=O) groups excluding carboxylic acids is 4. The van der Waals surface area contributed by atoms with Crippen LogP contribution < -0.4 is 21.3 Å². The maximum Gasteiger partial charge on any atom is 0.239 e. The first-order valence-electron chi connectivity index (χ1n) is 9.32. The van der Waals surface area contributed by atoms with Crippen LogP contribution in [0.2, 0.25) is 0 Å². The molecule has 4 N–H and O–H groups in total. The molecular formula is C17H31N5O4. The summed E-state index contributed by atoms with van der Waals surface area (Å²) in [6.45, 7) is 4.33. The first kappa shape index (κ1) is 21.9. The number of hydrogen-bond donors (Lipinski definition) is 4. The summed E-state index contributed by atoms with van der Waals surface area (Å²) in [5.41, 5.74) is 0. The molecule has 0 atom stereocenters. The van der Waals surface area contributed by atoms with Crippen LogP contribution in [0.15, 0.2) is 0 Å². The van der Waals surface area contributed by atoms with Crippen molar-refractivity contribution >= 4 is 24.1 Å². The van der Waals surface area contributed by atoms with Gasteiger partial charge in [0.05, 0.1) is 6.54 Å². The number of hydrogen-bond acceptors (Lipinski definition) is 5. The molecule has 4 amide bonds. The average molecular weight is 369 g/mol. The summed E-state index contributed by atoms with van der Waals surface area (Å²) in [7, 11) is 0. The Kier molecular flexibility index (Phi) is 11.8. The zero-order chi connectivity index (χ0) is 19.0. The van der Waals surface area contributed by atoms with E-state index >= 15 is 0 Å². The number of piperazine rings is 1. The van der Waals surface area contributed by atoms with E-state index < -0.39 is 0 Å². The standard InChI is InChI=1S/C17H31N5O4/c23-14-19-13-16(25)21-8-3-1-2-7-20-15(24)5-4-6-17(26)22-11-9-18-10-12-22/h14,18H,1-13H2,(H,19,23)(H,20,24)(H,21,25). The van der Waals surface area contributed by atoms with Gasteiger partial charge in [-0.3, -0.25) is 19.2 Å². The summed E-state index contributed by atoms with van der Waals surface area (Å²) in [5.74, 6) is -0.100. The molecule has 26 heavy (non-hydrogen) atoms. The second-order valence-electron chi connectivity index (χ2n) is 6.24. The van der Waals surface area contributed by atoms with E-state index in [1.165, 1.54) is 0 Å². The maximum absolute atomic E-state index is 12.0. The third kappa shape index (κ3) is 10.7. The molecule has 9 heteroatoms. The Morgan fingerprint density at radius 1 is 0.885 bits per heavy atom. The van der Waals surface area contributed by atoms with Crippen LogP contribution in [0, 0.1) is 0 Å². The summed E-state index contributed by atoms with van der Waals surface area (Å²) in [5, 5.41) is 11.1. The van der Waals surface area contributed by atoms with Crippen LogP contribution in [0.4, 0.5) is 0 Å². The molecule has 1 aliphatic rings. The molecule has 0 aromatic heterocycles. The number of rotatable bonds is 13. The lowest BCUT2D eigenvalue weighted by Crippen LogP contribution is -2.46. The lowest BCUT2D eigenvalue weighted by molar-refractivity contribution is -0.132. The summed E-state index contributed by atoms with van der Waals surface area (Å²) >= 11 is 0. The van der Waals surface area contributed by atoms with Gasteiger partial charge < -0.3 is 26.2 Å². The number of carbonyl (C=O) groups is 4. The van der Waals surface area contributed by atoms with Crippen LogP contribution in [-0.2, 0) is 19.2 Å². The molecule has 1 heterocycles. The van der Waals surface area contributed by atoms with E-state index in [9.17, 15) is 19.2 Å². The molecule has 1 aliphatic heterocycles. The van der Waals surface area contributed by atoms with E-state index in [-0.39, 0.29) is 24.3 Å². The van der Waals surface area contributed by atoms with Crippen molar-refractivity contribution in [2.75, 3.05) is 45.8 Å². The molecule has 0 aliphatic carbocycles. The Labute approximate surface area is 154 Å². The Morgan fingerprint density at radius 2 is 1.54 bits per heavy atom. The molecule has 1 rings (SSSR count). The fraction of sp³-hybridized carbons (Fsp3) is 0.765. The Morgan fingerprint density at radius 3 is 2.19 bits per heavy atom. The van der Waals surface area contributed by atoms with E-state index in [0.29, 0.717) is 38.8 Å². The van der Waals surface area contributed by atoms with E-state index in [2.05, 4.69) is 21.3 Å². The monoisotopic (exact) mass is 369 g/mol. The highest BCUT2D eigenvalue weighted by molar-refractivity contribution is 5.80. The predicted octanol–water partition coefficient (Wildman–Crippen LogP) is -1.26. The second kappa shape index (κ2) is 14.1. The van der Waals surface area contributed by atoms with Gasteiger partial charge in [0.1, 0.15) is 0 Å². The lowest BCUT2D eigenvalue weighted by Gasteiger charge is -2.27. The zero-order valence-electron chi connectivity index (χ0n) is 15.3. The Bertz CT molecular complexity index is 452. The SMILES string of the molecule is O=CNCC(=O)NCCCCCNC(=O)CCCC(=O)N1CCNCC1. The molecule has 0 unspecified atom stereocenters. The topological polar surface area (TPSA) is 120 Å². The van der Waals surface area contributed by atoms with Crippen LogP contribution in [0.25, 0.3) is 0 Å². The maximum atomic E-state index is 12.0. The van der Waals surface area contributed by atoms with Crippen molar-refractivity contribution < 1.29 is 19.2 Å². The fourth-order valence-electron chi connectivity index (χ4n) is 2.64. The summed E-state index contributed by atoms with van der Waals surface area (Å²) < 4.78 is 0. The van der Waals surface area contributed by atoms with Crippen LogP contribution in [0.1, 0.15) is 38.5 Å². The third-order valence-corrected chi connectivity index (χ3v) is 4.11. The van der Waals surface area contributed by atoms with Crippen LogP contribution >= 0.6 is 0 Å². The van der Waals surface area contributed by atoms with Crippen molar-refractivity contribution in [3.63, 3.8) is 0 Å². The predicted molar refractivity (Wildman–Crippen MR) is 97.2 cm³/mol. The second-order valence-corrected chi connectivity index (χ2v) is 6.24. The average Bonchev–Trinajstić information content (AvgIpc) is 2.66. The first-order chi connectivity index (χ1) is 12.6. The Balaban J connectivity index is 1.91. The number of nitrogens with zero attached hydrogens (tertiary/aromatic N) is 1. The minimum atomic E-state index is -0.208. The molecule has 0 radical (unpaired) electrons. The quantitative estimate of drug-likeness (QED) is 0.239. The summed E-state index contributed by atoms with van der Waals surface area (Å²) in [6, 6.07) is 0. The van der Waals surface area contributed by atoms with Gasteiger partial charge in [-0.05, 0) is 25.7 Å². The van der Waals surface area contributed by atoms with Crippen molar-refractivity contribution in [2.45, 2.75) is 38.5 Å². The minimum Gasteiger partial charge on any atom is -0.356 e. The van der Waals surface area contributed by atoms with E-state index in [0.717, 1.165) is 45.4 Å². The summed E-state index contributed by atoms with van der Waals surface area (Å²) in [4.78, 5) is 46.8.